The zero-order chi connectivity index (χ0) is 18.9. The molecule has 136 valence electrons. The lowest BCUT2D eigenvalue weighted by Gasteiger charge is -2.03. The summed E-state index contributed by atoms with van der Waals surface area (Å²) in [6, 6.07) is 13.6. The molecular formula is C20H15N7O. The van der Waals surface area contributed by atoms with Gasteiger partial charge in [-0.05, 0) is 18.2 Å². The molecule has 1 N–H and O–H groups in total. The number of methoxy groups -OCH3 is 1. The van der Waals surface area contributed by atoms with E-state index in [0.29, 0.717) is 23.2 Å². The highest BCUT2D eigenvalue weighted by Gasteiger charge is 2.12. The van der Waals surface area contributed by atoms with Crippen molar-refractivity contribution in [2.75, 3.05) is 12.4 Å². The van der Waals surface area contributed by atoms with E-state index in [1.165, 1.54) is 0 Å². The van der Waals surface area contributed by atoms with Crippen molar-refractivity contribution in [1.29, 1.82) is 0 Å². The number of nitrogens with zero attached hydrogens (tertiary/aromatic N) is 6. The van der Waals surface area contributed by atoms with E-state index < -0.39 is 0 Å². The number of hydrogen-bond acceptors (Lipinski definition) is 7. The molecule has 5 aromatic rings. The third-order valence-electron chi connectivity index (χ3n) is 4.32. The van der Waals surface area contributed by atoms with Gasteiger partial charge in [-0.3, -0.25) is 9.97 Å². The molecule has 0 aliphatic carbocycles. The summed E-state index contributed by atoms with van der Waals surface area (Å²) in [7, 11) is 1.58. The molecule has 0 radical (unpaired) electrons. The van der Waals surface area contributed by atoms with Crippen LogP contribution >= 0.6 is 0 Å². The number of fused-ring (bicyclic) bond motifs is 2. The molecule has 8 heteroatoms. The number of anilines is 2. The van der Waals surface area contributed by atoms with Gasteiger partial charge in [0.2, 0.25) is 11.8 Å². The number of para-hydroxylation sites is 1. The van der Waals surface area contributed by atoms with Crippen LogP contribution in [0.15, 0.2) is 67.3 Å². The molecule has 4 heterocycles. The average Bonchev–Trinajstić information content (AvgIpc) is 3.16. The topological polar surface area (TPSA) is 90.1 Å². The van der Waals surface area contributed by atoms with Gasteiger partial charge >= 0.3 is 0 Å². The number of nitrogens with one attached hydrogen (secondary N) is 1. The Labute approximate surface area is 159 Å². The van der Waals surface area contributed by atoms with Crippen LogP contribution in [0.25, 0.3) is 27.8 Å². The lowest BCUT2D eigenvalue weighted by molar-refractivity contribution is 0.398. The van der Waals surface area contributed by atoms with E-state index in [2.05, 4.69) is 36.4 Å². The quantitative estimate of drug-likeness (QED) is 0.518. The lowest BCUT2D eigenvalue weighted by Crippen LogP contribution is -1.95. The zero-order valence-corrected chi connectivity index (χ0v) is 14.9. The van der Waals surface area contributed by atoms with E-state index in [9.17, 15) is 0 Å². The van der Waals surface area contributed by atoms with Crippen LogP contribution in [-0.2, 0) is 0 Å². The summed E-state index contributed by atoms with van der Waals surface area (Å²) in [5.74, 6) is 0.999. The molecule has 0 atom stereocenters. The Bertz CT molecular complexity index is 1280. The standard InChI is InChI=1S/C20H15N7O/c1-28-17-7-6-15(12-23-17)24-20-25-19-18(21-8-9-27(19)26-20)14-10-13-4-2-3-5-16(13)22-11-14/h2-12H,1H3,(H,24,26). The molecule has 0 aliphatic rings. The number of pyridine rings is 2. The van der Waals surface area contributed by atoms with Crippen LogP contribution in [0.5, 0.6) is 5.88 Å². The summed E-state index contributed by atoms with van der Waals surface area (Å²) in [6.07, 6.45) is 6.93. The van der Waals surface area contributed by atoms with Gasteiger partial charge in [-0.15, -0.1) is 5.10 Å². The van der Waals surface area contributed by atoms with Crippen LogP contribution in [0, 0.1) is 0 Å². The summed E-state index contributed by atoms with van der Waals surface area (Å²) in [5.41, 5.74) is 3.94. The van der Waals surface area contributed by atoms with Gasteiger partial charge in [-0.1, -0.05) is 18.2 Å². The van der Waals surface area contributed by atoms with Crippen LogP contribution in [0.4, 0.5) is 11.6 Å². The van der Waals surface area contributed by atoms with Gasteiger partial charge in [0.15, 0.2) is 5.65 Å². The van der Waals surface area contributed by atoms with Gasteiger partial charge in [0.1, 0.15) is 5.69 Å². The zero-order valence-electron chi connectivity index (χ0n) is 14.9. The number of ether oxygens (including phenoxy) is 1. The van der Waals surface area contributed by atoms with Crippen molar-refractivity contribution in [3.8, 4) is 17.1 Å². The fourth-order valence-electron chi connectivity index (χ4n) is 2.98. The second-order valence-corrected chi connectivity index (χ2v) is 6.11. The van der Waals surface area contributed by atoms with Crippen molar-refractivity contribution >= 4 is 28.2 Å². The van der Waals surface area contributed by atoms with Gasteiger partial charge < -0.3 is 10.1 Å². The first-order chi connectivity index (χ1) is 13.8. The van der Waals surface area contributed by atoms with E-state index in [-0.39, 0.29) is 0 Å². The van der Waals surface area contributed by atoms with E-state index >= 15 is 0 Å². The minimum Gasteiger partial charge on any atom is -0.481 e. The van der Waals surface area contributed by atoms with E-state index in [1.54, 1.807) is 42.5 Å². The highest BCUT2D eigenvalue weighted by Crippen LogP contribution is 2.25. The van der Waals surface area contributed by atoms with Crippen LogP contribution < -0.4 is 10.1 Å². The Balaban J connectivity index is 1.54. The van der Waals surface area contributed by atoms with Gasteiger partial charge in [0.05, 0.1) is 24.5 Å². The van der Waals surface area contributed by atoms with Crippen LogP contribution in [-0.4, -0.2) is 36.7 Å². The first kappa shape index (κ1) is 16.1. The fourth-order valence-corrected chi connectivity index (χ4v) is 2.98. The number of benzene rings is 1. The van der Waals surface area contributed by atoms with Crippen LogP contribution in [0.1, 0.15) is 0 Å². The first-order valence-electron chi connectivity index (χ1n) is 8.64. The number of hydrogen-bond donors (Lipinski definition) is 1. The van der Waals surface area contributed by atoms with Gasteiger partial charge in [0.25, 0.3) is 0 Å². The van der Waals surface area contributed by atoms with Gasteiger partial charge in [-0.25, -0.2) is 9.50 Å². The first-order valence-corrected chi connectivity index (χ1v) is 8.64. The molecule has 0 saturated carbocycles. The van der Waals surface area contributed by atoms with Crippen molar-refractivity contribution in [1.82, 2.24) is 29.5 Å². The maximum absolute atomic E-state index is 5.07. The summed E-state index contributed by atoms with van der Waals surface area (Å²) in [4.78, 5) is 17.8. The van der Waals surface area contributed by atoms with E-state index in [4.69, 9.17) is 4.74 Å². The van der Waals surface area contributed by atoms with Gasteiger partial charge in [0, 0.05) is 35.6 Å². The van der Waals surface area contributed by atoms with Crippen molar-refractivity contribution in [2.45, 2.75) is 0 Å². The molecule has 0 unspecified atom stereocenters. The highest BCUT2D eigenvalue weighted by atomic mass is 16.5. The second kappa shape index (κ2) is 6.58. The molecule has 5 rings (SSSR count). The molecule has 0 aliphatic heterocycles. The summed E-state index contributed by atoms with van der Waals surface area (Å²) in [6.45, 7) is 0. The van der Waals surface area contributed by atoms with Crippen molar-refractivity contribution in [2.24, 2.45) is 0 Å². The Kier molecular flexibility index (Phi) is 3.79. The number of rotatable bonds is 4. The Morgan fingerprint density at radius 1 is 1.00 bits per heavy atom. The molecule has 0 spiro atoms. The van der Waals surface area contributed by atoms with E-state index in [0.717, 1.165) is 22.2 Å². The number of aromatic nitrogens is 6. The molecule has 1 aromatic carbocycles. The Hall–Kier alpha value is -4.07. The normalized spacial score (nSPS) is 11.0. The van der Waals surface area contributed by atoms with Crippen molar-refractivity contribution < 1.29 is 4.74 Å². The molecule has 0 amide bonds. The average molecular weight is 369 g/mol. The molecule has 0 fully saturated rings. The Morgan fingerprint density at radius 3 is 2.79 bits per heavy atom. The molecule has 4 aromatic heterocycles. The second-order valence-electron chi connectivity index (χ2n) is 6.11. The van der Waals surface area contributed by atoms with Gasteiger partial charge in [-0.2, -0.15) is 4.98 Å². The molecule has 28 heavy (non-hydrogen) atoms. The fraction of sp³-hybridized carbons (Fsp3) is 0.0500. The minimum absolute atomic E-state index is 0.454. The lowest BCUT2D eigenvalue weighted by atomic mass is 10.1. The predicted molar refractivity (Wildman–Crippen MR) is 106 cm³/mol. The SMILES string of the molecule is COc1ccc(Nc2nc3c(-c4cnc5ccccc5c4)nccn3n2)cn1. The molecule has 0 bridgehead atoms. The molecule has 0 saturated heterocycles. The van der Waals surface area contributed by atoms with Crippen molar-refractivity contribution in [3.63, 3.8) is 0 Å². The molecular weight excluding hydrogens is 354 g/mol. The third-order valence-corrected chi connectivity index (χ3v) is 4.32. The highest BCUT2D eigenvalue weighted by molar-refractivity contribution is 5.85. The van der Waals surface area contributed by atoms with Crippen LogP contribution in [0.3, 0.4) is 0 Å². The van der Waals surface area contributed by atoms with Crippen molar-refractivity contribution in [3.05, 3.63) is 67.3 Å². The summed E-state index contributed by atoms with van der Waals surface area (Å²) < 4.78 is 6.77. The van der Waals surface area contributed by atoms with Crippen LogP contribution in [0.2, 0.25) is 0 Å². The minimum atomic E-state index is 0.454. The smallest absolute Gasteiger partial charge is 0.247 e. The maximum atomic E-state index is 5.07. The summed E-state index contributed by atoms with van der Waals surface area (Å²) >= 11 is 0. The monoisotopic (exact) mass is 369 g/mol. The predicted octanol–water partition coefficient (Wildman–Crippen LogP) is 3.49. The molecule has 8 nitrogen and oxygen atoms in total. The third kappa shape index (κ3) is 2.86. The Morgan fingerprint density at radius 2 is 1.93 bits per heavy atom. The summed E-state index contributed by atoms with van der Waals surface area (Å²) in [5, 5.41) is 8.67. The van der Waals surface area contributed by atoms with E-state index in [1.807, 2.05) is 30.3 Å². The largest absolute Gasteiger partial charge is 0.481 e. The maximum Gasteiger partial charge on any atom is 0.247 e.